The summed E-state index contributed by atoms with van der Waals surface area (Å²) in [6.07, 6.45) is -0.126. The second kappa shape index (κ2) is 7.61. The summed E-state index contributed by atoms with van der Waals surface area (Å²) in [6.45, 7) is 0.365. The SMILES string of the molecule is O=C(CCOc1ccc(F)cc1)N1C[C@@H](O)C[C@@H]1c1cccc(F)c1. The van der Waals surface area contributed by atoms with Crippen LogP contribution in [0.1, 0.15) is 24.4 Å². The lowest BCUT2D eigenvalue weighted by Crippen LogP contribution is -2.32. The van der Waals surface area contributed by atoms with Gasteiger partial charge < -0.3 is 14.7 Å². The number of rotatable bonds is 5. The first-order chi connectivity index (χ1) is 12.0. The molecule has 0 aliphatic carbocycles. The molecule has 132 valence electrons. The van der Waals surface area contributed by atoms with Gasteiger partial charge in [-0.2, -0.15) is 0 Å². The molecule has 25 heavy (non-hydrogen) atoms. The number of ether oxygens (including phenoxy) is 1. The monoisotopic (exact) mass is 347 g/mol. The third kappa shape index (κ3) is 4.33. The number of benzene rings is 2. The highest BCUT2D eigenvalue weighted by Crippen LogP contribution is 2.33. The van der Waals surface area contributed by atoms with E-state index in [1.54, 1.807) is 17.0 Å². The highest BCUT2D eigenvalue weighted by Gasteiger charge is 2.35. The molecule has 0 unspecified atom stereocenters. The van der Waals surface area contributed by atoms with Crippen LogP contribution in [0.15, 0.2) is 48.5 Å². The van der Waals surface area contributed by atoms with E-state index in [2.05, 4.69) is 0 Å². The van der Waals surface area contributed by atoms with Gasteiger partial charge in [-0.15, -0.1) is 0 Å². The summed E-state index contributed by atoms with van der Waals surface area (Å²) in [7, 11) is 0. The first kappa shape index (κ1) is 17.4. The average molecular weight is 347 g/mol. The maximum absolute atomic E-state index is 13.5. The lowest BCUT2D eigenvalue weighted by atomic mass is 10.0. The molecule has 1 aliphatic rings. The number of carbonyl (C=O) groups is 1. The van der Waals surface area contributed by atoms with Crippen LogP contribution < -0.4 is 4.74 Å². The fourth-order valence-corrected chi connectivity index (χ4v) is 3.05. The van der Waals surface area contributed by atoms with Crippen LogP contribution in [-0.2, 0) is 4.79 Å². The number of hydrogen-bond donors (Lipinski definition) is 1. The summed E-state index contributed by atoms with van der Waals surface area (Å²) >= 11 is 0. The van der Waals surface area contributed by atoms with Gasteiger partial charge in [-0.3, -0.25) is 4.79 Å². The van der Waals surface area contributed by atoms with Crippen molar-refractivity contribution in [2.75, 3.05) is 13.2 Å². The molecule has 1 N–H and O–H groups in total. The molecule has 4 nitrogen and oxygen atoms in total. The Kier molecular flexibility index (Phi) is 5.28. The summed E-state index contributed by atoms with van der Waals surface area (Å²) in [5, 5.41) is 9.92. The van der Waals surface area contributed by atoms with E-state index >= 15 is 0 Å². The number of aliphatic hydroxyl groups is 1. The number of nitrogens with zero attached hydrogens (tertiary/aromatic N) is 1. The maximum Gasteiger partial charge on any atom is 0.226 e. The largest absolute Gasteiger partial charge is 0.493 e. The Bertz CT molecular complexity index is 736. The van der Waals surface area contributed by atoms with Crippen LogP contribution >= 0.6 is 0 Å². The molecule has 3 rings (SSSR count). The van der Waals surface area contributed by atoms with E-state index in [1.807, 2.05) is 0 Å². The van der Waals surface area contributed by atoms with Gasteiger partial charge in [-0.1, -0.05) is 12.1 Å². The van der Waals surface area contributed by atoms with Crippen molar-refractivity contribution in [2.45, 2.75) is 25.0 Å². The van der Waals surface area contributed by atoms with Gasteiger partial charge in [-0.05, 0) is 48.4 Å². The highest BCUT2D eigenvalue weighted by molar-refractivity contribution is 5.77. The van der Waals surface area contributed by atoms with Crippen molar-refractivity contribution < 1.29 is 23.4 Å². The molecular weight excluding hydrogens is 328 g/mol. The summed E-state index contributed by atoms with van der Waals surface area (Å²) < 4.78 is 31.7. The molecule has 1 fully saturated rings. The number of aliphatic hydroxyl groups excluding tert-OH is 1. The normalized spacial score (nSPS) is 19.9. The van der Waals surface area contributed by atoms with Crippen LogP contribution in [0.25, 0.3) is 0 Å². The minimum Gasteiger partial charge on any atom is -0.493 e. The minimum atomic E-state index is -0.629. The highest BCUT2D eigenvalue weighted by atomic mass is 19.1. The molecule has 2 aromatic carbocycles. The molecule has 0 saturated carbocycles. The van der Waals surface area contributed by atoms with Gasteiger partial charge in [0.2, 0.25) is 5.91 Å². The number of halogens is 2. The van der Waals surface area contributed by atoms with Gasteiger partial charge in [0.05, 0.1) is 25.2 Å². The molecule has 1 heterocycles. The first-order valence-corrected chi connectivity index (χ1v) is 8.14. The van der Waals surface area contributed by atoms with Crippen LogP contribution in [0.3, 0.4) is 0 Å². The lowest BCUT2D eigenvalue weighted by Gasteiger charge is -2.25. The van der Waals surface area contributed by atoms with E-state index in [1.165, 1.54) is 36.4 Å². The molecule has 6 heteroatoms. The van der Waals surface area contributed by atoms with E-state index in [4.69, 9.17) is 4.74 Å². The van der Waals surface area contributed by atoms with Gasteiger partial charge in [0.25, 0.3) is 0 Å². The van der Waals surface area contributed by atoms with Crippen molar-refractivity contribution in [3.05, 3.63) is 65.7 Å². The molecule has 1 saturated heterocycles. The van der Waals surface area contributed by atoms with Gasteiger partial charge >= 0.3 is 0 Å². The predicted octanol–water partition coefficient (Wildman–Crippen LogP) is 3.07. The zero-order chi connectivity index (χ0) is 17.8. The van der Waals surface area contributed by atoms with Crippen LogP contribution in [-0.4, -0.2) is 35.2 Å². The minimum absolute atomic E-state index is 0.121. The standard InChI is InChI=1S/C19H19F2NO3/c20-14-4-6-17(7-5-14)25-9-8-19(24)22-12-16(23)11-18(22)13-2-1-3-15(21)10-13/h1-7,10,16,18,23H,8-9,11-12H2/t16-,18+/m0/s1. The van der Waals surface area contributed by atoms with Crippen molar-refractivity contribution in [3.63, 3.8) is 0 Å². The number of β-amino-alcohol motifs (C(OH)–C–C–N with tert-alkyl or cyclic N) is 1. The Morgan fingerprint density at radius 3 is 2.64 bits per heavy atom. The molecule has 0 radical (unpaired) electrons. The topological polar surface area (TPSA) is 49.8 Å². The van der Waals surface area contributed by atoms with Crippen molar-refractivity contribution in [1.82, 2.24) is 4.90 Å². The molecular formula is C19H19F2NO3. The molecule has 0 bridgehead atoms. The number of carbonyl (C=O) groups excluding carboxylic acids is 1. The Balaban J connectivity index is 1.60. The average Bonchev–Trinajstić information content (AvgIpc) is 2.99. The van der Waals surface area contributed by atoms with E-state index in [0.717, 1.165) is 0 Å². The molecule has 2 atom stereocenters. The van der Waals surface area contributed by atoms with E-state index < -0.39 is 6.10 Å². The number of hydrogen-bond acceptors (Lipinski definition) is 3. The maximum atomic E-state index is 13.5. The fraction of sp³-hybridized carbons (Fsp3) is 0.316. The predicted molar refractivity (Wildman–Crippen MR) is 88.0 cm³/mol. The van der Waals surface area contributed by atoms with Gasteiger partial charge in [0.15, 0.2) is 0 Å². The molecule has 1 amide bonds. The van der Waals surface area contributed by atoms with Gasteiger partial charge in [0, 0.05) is 6.54 Å². The van der Waals surface area contributed by atoms with E-state index in [9.17, 15) is 18.7 Å². The number of likely N-dealkylation sites (tertiary alicyclic amines) is 1. The third-order valence-corrected chi connectivity index (χ3v) is 4.23. The zero-order valence-corrected chi connectivity index (χ0v) is 13.6. The van der Waals surface area contributed by atoms with Crippen LogP contribution in [0.4, 0.5) is 8.78 Å². The van der Waals surface area contributed by atoms with Crippen molar-refractivity contribution in [3.8, 4) is 5.75 Å². The molecule has 2 aromatic rings. The first-order valence-electron chi connectivity index (χ1n) is 8.14. The zero-order valence-electron chi connectivity index (χ0n) is 13.6. The van der Waals surface area contributed by atoms with Crippen LogP contribution in [0.5, 0.6) is 5.75 Å². The second-order valence-corrected chi connectivity index (χ2v) is 6.06. The van der Waals surface area contributed by atoms with Crippen LogP contribution in [0, 0.1) is 11.6 Å². The summed E-state index contributed by atoms with van der Waals surface area (Å²) in [5.41, 5.74) is 0.671. The Hall–Kier alpha value is -2.47. The Morgan fingerprint density at radius 1 is 1.16 bits per heavy atom. The fourth-order valence-electron chi connectivity index (χ4n) is 3.05. The summed E-state index contributed by atoms with van der Waals surface area (Å²) in [5.74, 6) is -0.413. The third-order valence-electron chi connectivity index (χ3n) is 4.23. The summed E-state index contributed by atoms with van der Waals surface area (Å²) in [6, 6.07) is 11.3. The van der Waals surface area contributed by atoms with E-state index in [0.29, 0.717) is 17.7 Å². The second-order valence-electron chi connectivity index (χ2n) is 6.06. The lowest BCUT2D eigenvalue weighted by molar-refractivity contribution is -0.133. The van der Waals surface area contributed by atoms with Gasteiger partial charge in [-0.25, -0.2) is 8.78 Å². The Morgan fingerprint density at radius 2 is 1.92 bits per heavy atom. The quantitative estimate of drug-likeness (QED) is 0.904. The van der Waals surface area contributed by atoms with Crippen molar-refractivity contribution in [2.24, 2.45) is 0 Å². The summed E-state index contributed by atoms with van der Waals surface area (Å²) in [4.78, 5) is 14.0. The molecule has 1 aliphatic heterocycles. The molecule has 0 aromatic heterocycles. The van der Waals surface area contributed by atoms with Crippen molar-refractivity contribution in [1.29, 1.82) is 0 Å². The number of amides is 1. The van der Waals surface area contributed by atoms with E-state index in [-0.39, 0.29) is 43.2 Å². The van der Waals surface area contributed by atoms with Gasteiger partial charge in [0.1, 0.15) is 17.4 Å². The molecule has 0 spiro atoms. The smallest absolute Gasteiger partial charge is 0.226 e. The van der Waals surface area contributed by atoms with Crippen molar-refractivity contribution >= 4 is 5.91 Å². The van der Waals surface area contributed by atoms with Crippen LogP contribution in [0.2, 0.25) is 0 Å². The Labute approximate surface area is 144 Å².